The van der Waals surface area contributed by atoms with Gasteiger partial charge in [0.15, 0.2) is 0 Å². The smallest absolute Gasteiger partial charge is 0.0192 e. The summed E-state index contributed by atoms with van der Waals surface area (Å²) in [4.78, 5) is 0. The molecule has 0 aromatic heterocycles. The van der Waals surface area contributed by atoms with E-state index in [-0.39, 0.29) is 0 Å². The van der Waals surface area contributed by atoms with Gasteiger partial charge in [-0.25, -0.2) is 0 Å². The van der Waals surface area contributed by atoms with E-state index in [0.29, 0.717) is 0 Å². The van der Waals surface area contributed by atoms with Crippen LogP contribution >= 0.6 is 0 Å². The Morgan fingerprint density at radius 1 is 1.12 bits per heavy atom. The summed E-state index contributed by atoms with van der Waals surface area (Å²) < 4.78 is 0. The summed E-state index contributed by atoms with van der Waals surface area (Å²) in [6.07, 6.45) is 4.56. The van der Waals surface area contributed by atoms with Crippen molar-refractivity contribution in [1.29, 1.82) is 0 Å². The Balaban J connectivity index is 2.53. The fourth-order valence-corrected chi connectivity index (χ4v) is 0.583. The number of rotatable bonds is 5. The van der Waals surface area contributed by atoms with Crippen LogP contribution in [0.25, 0.3) is 0 Å². The number of unbranched alkanes of at least 4 members (excludes halogenated alkanes) is 3. The van der Waals surface area contributed by atoms with Crippen molar-refractivity contribution in [1.82, 2.24) is 0 Å². The van der Waals surface area contributed by atoms with Crippen LogP contribution < -0.4 is 11.5 Å². The van der Waals surface area contributed by atoms with Crippen LogP contribution in [-0.4, -0.2) is 6.54 Å². The third-order valence-electron chi connectivity index (χ3n) is 1.07. The van der Waals surface area contributed by atoms with Gasteiger partial charge in [-0.05, 0) is 19.4 Å². The molecule has 2 nitrogen and oxygen atoms in total. The summed E-state index contributed by atoms with van der Waals surface area (Å²) in [6.45, 7) is 2.51. The lowest BCUT2D eigenvalue weighted by molar-refractivity contribution is 0.679. The molecule has 0 atom stereocenters. The van der Waals surface area contributed by atoms with E-state index in [0.717, 1.165) is 19.4 Å². The second-order valence-electron chi connectivity index (χ2n) is 1.87. The van der Waals surface area contributed by atoms with Gasteiger partial charge in [0, 0.05) is 6.54 Å². The topological polar surface area (TPSA) is 52.0 Å². The van der Waals surface area contributed by atoms with Gasteiger partial charge in [0.2, 0.25) is 0 Å². The van der Waals surface area contributed by atoms with Crippen LogP contribution in [0.15, 0.2) is 0 Å². The molecule has 0 unspecified atom stereocenters. The summed E-state index contributed by atoms with van der Waals surface area (Å²) in [5.74, 6) is 0. The molecule has 1 radical (unpaired) electrons. The van der Waals surface area contributed by atoms with Crippen molar-refractivity contribution in [2.75, 3.05) is 6.54 Å². The molecule has 0 fully saturated rings. The lowest BCUT2D eigenvalue weighted by Crippen LogP contribution is -1.98. The first-order valence-corrected chi connectivity index (χ1v) is 3.15. The van der Waals surface area contributed by atoms with Crippen molar-refractivity contribution in [3.8, 4) is 0 Å². The predicted octanol–water partition coefficient (Wildman–Crippen LogP) is 0.626. The standard InChI is InChI=1S/C6H15N2/c7-5-3-1-2-4-6-8/h5H,1-4,6-8H2. The van der Waals surface area contributed by atoms with Crippen LogP contribution in [0.4, 0.5) is 0 Å². The van der Waals surface area contributed by atoms with Gasteiger partial charge in [0.1, 0.15) is 0 Å². The lowest BCUT2D eigenvalue weighted by Gasteiger charge is -1.93. The van der Waals surface area contributed by atoms with E-state index < -0.39 is 0 Å². The maximum atomic E-state index is 5.27. The van der Waals surface area contributed by atoms with Gasteiger partial charge in [0.05, 0.1) is 0 Å². The predicted molar refractivity (Wildman–Crippen MR) is 36.0 cm³/mol. The molecule has 2 heteroatoms. The molecule has 0 aromatic rings. The molecule has 0 spiro atoms. The largest absolute Gasteiger partial charge is 0.330 e. The molecule has 0 aromatic carbocycles. The molecule has 0 aliphatic heterocycles. The monoisotopic (exact) mass is 115 g/mol. The van der Waals surface area contributed by atoms with Crippen LogP contribution in [0.3, 0.4) is 0 Å². The average molecular weight is 115 g/mol. The first kappa shape index (κ1) is 7.92. The van der Waals surface area contributed by atoms with Gasteiger partial charge in [-0.3, -0.25) is 0 Å². The van der Waals surface area contributed by atoms with Crippen LogP contribution in [0.5, 0.6) is 0 Å². The van der Waals surface area contributed by atoms with E-state index in [4.69, 9.17) is 11.5 Å². The van der Waals surface area contributed by atoms with Gasteiger partial charge in [-0.15, -0.1) is 0 Å². The van der Waals surface area contributed by atoms with E-state index in [9.17, 15) is 0 Å². The molecule has 0 heterocycles. The molecule has 0 amide bonds. The summed E-state index contributed by atoms with van der Waals surface area (Å²) in [7, 11) is 0. The first-order valence-electron chi connectivity index (χ1n) is 3.15. The van der Waals surface area contributed by atoms with E-state index in [1.165, 1.54) is 12.8 Å². The molecule has 0 saturated carbocycles. The maximum Gasteiger partial charge on any atom is 0.0192 e. The van der Waals surface area contributed by atoms with Crippen LogP contribution in [0.1, 0.15) is 25.7 Å². The Morgan fingerprint density at radius 2 is 1.88 bits per heavy atom. The molecule has 49 valence electrons. The van der Waals surface area contributed by atoms with Crippen molar-refractivity contribution in [3.63, 3.8) is 0 Å². The molecule has 0 aliphatic carbocycles. The molecule has 4 N–H and O–H groups in total. The fraction of sp³-hybridized carbons (Fsp3) is 0.833. The Bertz CT molecular complexity index is 31.5. The quantitative estimate of drug-likeness (QED) is 0.516. The second kappa shape index (κ2) is 6.92. The highest BCUT2D eigenvalue weighted by Crippen LogP contribution is 1.97. The maximum absolute atomic E-state index is 5.27. The zero-order chi connectivity index (χ0) is 6.24. The highest BCUT2D eigenvalue weighted by atomic mass is 14.5. The zero-order valence-corrected chi connectivity index (χ0v) is 5.27. The Hall–Kier alpha value is -0.0800. The molecule has 8 heavy (non-hydrogen) atoms. The van der Waals surface area contributed by atoms with Crippen molar-refractivity contribution >= 4 is 0 Å². The van der Waals surface area contributed by atoms with Gasteiger partial charge >= 0.3 is 0 Å². The van der Waals surface area contributed by atoms with Gasteiger partial charge < -0.3 is 11.5 Å². The minimum absolute atomic E-state index is 0.810. The molecular weight excluding hydrogens is 100 g/mol. The van der Waals surface area contributed by atoms with E-state index >= 15 is 0 Å². The van der Waals surface area contributed by atoms with Crippen molar-refractivity contribution in [2.45, 2.75) is 25.7 Å². The van der Waals surface area contributed by atoms with E-state index in [1.54, 1.807) is 6.54 Å². The molecule has 0 rings (SSSR count). The summed E-state index contributed by atoms with van der Waals surface area (Å²) in [6, 6.07) is 0. The van der Waals surface area contributed by atoms with Gasteiger partial charge in [-0.2, -0.15) is 0 Å². The molecule has 0 bridgehead atoms. The number of nitrogens with two attached hydrogens (primary N) is 2. The summed E-state index contributed by atoms with van der Waals surface area (Å²) in [5, 5.41) is 0. The second-order valence-corrected chi connectivity index (χ2v) is 1.87. The highest BCUT2D eigenvalue weighted by molar-refractivity contribution is 4.53. The van der Waals surface area contributed by atoms with Crippen LogP contribution in [-0.2, 0) is 0 Å². The van der Waals surface area contributed by atoms with Gasteiger partial charge in [-0.1, -0.05) is 12.8 Å². The highest BCUT2D eigenvalue weighted by Gasteiger charge is 1.83. The van der Waals surface area contributed by atoms with Crippen molar-refractivity contribution < 1.29 is 0 Å². The molecule has 0 saturated heterocycles. The minimum Gasteiger partial charge on any atom is -0.330 e. The average Bonchev–Trinajstić information content (AvgIpc) is 1.81. The molecular formula is C6H15N2. The third kappa shape index (κ3) is 5.92. The summed E-state index contributed by atoms with van der Waals surface area (Å²) in [5.41, 5.74) is 10.4. The summed E-state index contributed by atoms with van der Waals surface area (Å²) >= 11 is 0. The van der Waals surface area contributed by atoms with Crippen molar-refractivity contribution in [2.24, 2.45) is 11.5 Å². The fourth-order valence-electron chi connectivity index (χ4n) is 0.583. The lowest BCUT2D eigenvalue weighted by atomic mass is 10.2. The third-order valence-corrected chi connectivity index (χ3v) is 1.07. The van der Waals surface area contributed by atoms with E-state index in [1.807, 2.05) is 0 Å². The Morgan fingerprint density at radius 3 is 2.38 bits per heavy atom. The SMILES string of the molecule is N[CH]CCCCCN. The number of hydrogen-bond donors (Lipinski definition) is 2. The Kier molecular flexibility index (Phi) is 6.85. The number of hydrogen-bond acceptors (Lipinski definition) is 2. The van der Waals surface area contributed by atoms with Crippen LogP contribution in [0.2, 0.25) is 0 Å². The van der Waals surface area contributed by atoms with Crippen molar-refractivity contribution in [3.05, 3.63) is 6.54 Å². The first-order chi connectivity index (χ1) is 3.91. The van der Waals surface area contributed by atoms with Crippen LogP contribution in [0, 0.1) is 6.54 Å². The van der Waals surface area contributed by atoms with E-state index in [2.05, 4.69) is 0 Å². The Labute approximate surface area is 51.2 Å². The zero-order valence-electron chi connectivity index (χ0n) is 5.27. The molecule has 0 aliphatic rings. The minimum atomic E-state index is 0.810. The normalized spacial score (nSPS) is 9.75. The van der Waals surface area contributed by atoms with Gasteiger partial charge in [0.25, 0.3) is 0 Å².